The van der Waals surface area contributed by atoms with Gasteiger partial charge in [-0.05, 0) is 32.0 Å². The van der Waals surface area contributed by atoms with Crippen LogP contribution in [0.4, 0.5) is 5.69 Å². The number of nitrogens with zero attached hydrogens (tertiary/aromatic N) is 3. The zero-order valence-electron chi connectivity index (χ0n) is 13.3. The standard InChI is InChI=1S/C16H17ClN4O3/c1-3-21-8-11(9(2)19-21)12-7-15(24-20-12)16(23)18-13-6-10(17)4-5-14(13)22/h4-6,8,15,22H,3,7H2,1-2H3,(H,18,23)/t15-/m0/s1. The molecule has 126 valence electrons. The van der Waals surface area contributed by atoms with Gasteiger partial charge in [-0.2, -0.15) is 5.10 Å². The van der Waals surface area contributed by atoms with Crippen molar-refractivity contribution >= 4 is 28.9 Å². The molecule has 0 spiro atoms. The summed E-state index contributed by atoms with van der Waals surface area (Å²) in [5, 5.41) is 21.2. The number of rotatable bonds is 4. The number of hydrogen-bond acceptors (Lipinski definition) is 5. The minimum absolute atomic E-state index is 0.0630. The van der Waals surface area contributed by atoms with Crippen molar-refractivity contribution in [3.8, 4) is 5.75 Å². The molecule has 1 aliphatic heterocycles. The van der Waals surface area contributed by atoms with Crippen LogP contribution in [0, 0.1) is 6.92 Å². The number of phenolic OH excluding ortho intramolecular Hbond substituents is 1. The number of amides is 1. The van der Waals surface area contributed by atoms with E-state index in [0.29, 0.717) is 17.2 Å². The maximum Gasteiger partial charge on any atom is 0.268 e. The molecule has 0 unspecified atom stereocenters. The fraction of sp³-hybridized carbons (Fsp3) is 0.312. The van der Waals surface area contributed by atoms with Gasteiger partial charge in [0.15, 0.2) is 0 Å². The molecular formula is C16H17ClN4O3. The van der Waals surface area contributed by atoms with Gasteiger partial charge in [0, 0.05) is 29.7 Å². The number of hydrogen-bond donors (Lipinski definition) is 2. The van der Waals surface area contributed by atoms with Gasteiger partial charge in [-0.3, -0.25) is 9.48 Å². The molecule has 0 saturated heterocycles. The number of carbonyl (C=O) groups is 1. The van der Waals surface area contributed by atoms with Gasteiger partial charge in [0.25, 0.3) is 5.91 Å². The number of anilines is 1. The third-order valence-corrected chi connectivity index (χ3v) is 3.99. The van der Waals surface area contributed by atoms with Gasteiger partial charge in [-0.1, -0.05) is 16.8 Å². The molecule has 7 nitrogen and oxygen atoms in total. The van der Waals surface area contributed by atoms with Crippen LogP contribution in [0.25, 0.3) is 0 Å². The summed E-state index contributed by atoms with van der Waals surface area (Å²) >= 11 is 5.87. The topological polar surface area (TPSA) is 88.7 Å². The van der Waals surface area contributed by atoms with Crippen molar-refractivity contribution in [1.29, 1.82) is 0 Å². The molecule has 24 heavy (non-hydrogen) atoms. The third kappa shape index (κ3) is 3.21. The van der Waals surface area contributed by atoms with Crippen molar-refractivity contribution in [2.75, 3.05) is 5.32 Å². The normalized spacial score (nSPS) is 16.6. The van der Waals surface area contributed by atoms with Gasteiger partial charge in [-0.25, -0.2) is 0 Å². The molecule has 1 aromatic carbocycles. The Bertz CT molecular complexity index is 816. The van der Waals surface area contributed by atoms with Crippen LogP contribution in [0.2, 0.25) is 5.02 Å². The van der Waals surface area contributed by atoms with E-state index in [1.807, 2.05) is 24.7 Å². The smallest absolute Gasteiger partial charge is 0.268 e. The average Bonchev–Trinajstić information content (AvgIpc) is 3.17. The molecule has 1 amide bonds. The Hall–Kier alpha value is -2.54. The minimum Gasteiger partial charge on any atom is -0.506 e. The Morgan fingerprint density at radius 2 is 2.33 bits per heavy atom. The highest BCUT2D eigenvalue weighted by atomic mass is 35.5. The van der Waals surface area contributed by atoms with Crippen molar-refractivity contribution in [3.63, 3.8) is 0 Å². The van der Waals surface area contributed by atoms with E-state index in [4.69, 9.17) is 16.4 Å². The van der Waals surface area contributed by atoms with E-state index in [2.05, 4.69) is 15.6 Å². The Morgan fingerprint density at radius 1 is 1.54 bits per heavy atom. The molecule has 2 N–H and O–H groups in total. The molecule has 0 aliphatic carbocycles. The molecule has 1 aliphatic rings. The maximum absolute atomic E-state index is 12.3. The minimum atomic E-state index is -0.761. The molecule has 3 rings (SSSR count). The number of aromatic hydroxyl groups is 1. The SMILES string of the molecule is CCn1cc(C2=NO[C@H](C(=O)Nc3cc(Cl)ccc3O)C2)c(C)n1. The first-order valence-electron chi connectivity index (χ1n) is 7.54. The Morgan fingerprint density at radius 3 is 3.04 bits per heavy atom. The zero-order chi connectivity index (χ0) is 17.3. The second-order valence-electron chi connectivity index (χ2n) is 5.47. The van der Waals surface area contributed by atoms with E-state index in [-0.39, 0.29) is 11.4 Å². The van der Waals surface area contributed by atoms with Crippen LogP contribution in [0.3, 0.4) is 0 Å². The summed E-state index contributed by atoms with van der Waals surface area (Å²) in [5.41, 5.74) is 2.63. The van der Waals surface area contributed by atoms with Crippen molar-refractivity contribution < 1.29 is 14.7 Å². The Kier molecular flexibility index (Phi) is 4.44. The highest BCUT2D eigenvalue weighted by molar-refractivity contribution is 6.31. The Balaban J connectivity index is 1.69. The summed E-state index contributed by atoms with van der Waals surface area (Å²) in [6.45, 7) is 4.64. The average molecular weight is 349 g/mol. The van der Waals surface area contributed by atoms with Crippen LogP contribution in [0.15, 0.2) is 29.6 Å². The highest BCUT2D eigenvalue weighted by Gasteiger charge is 2.30. The second-order valence-corrected chi connectivity index (χ2v) is 5.91. The second kappa shape index (κ2) is 6.52. The molecule has 0 radical (unpaired) electrons. The lowest BCUT2D eigenvalue weighted by Crippen LogP contribution is -2.28. The quantitative estimate of drug-likeness (QED) is 0.831. The summed E-state index contributed by atoms with van der Waals surface area (Å²) in [6.07, 6.45) is 1.46. The van der Waals surface area contributed by atoms with Crippen molar-refractivity contribution in [3.05, 3.63) is 40.7 Å². The van der Waals surface area contributed by atoms with Gasteiger partial charge in [-0.15, -0.1) is 0 Å². The van der Waals surface area contributed by atoms with E-state index in [9.17, 15) is 9.90 Å². The molecule has 0 bridgehead atoms. The van der Waals surface area contributed by atoms with Crippen LogP contribution >= 0.6 is 11.6 Å². The van der Waals surface area contributed by atoms with Gasteiger partial charge in [0.1, 0.15) is 5.75 Å². The number of halogens is 1. The summed E-state index contributed by atoms with van der Waals surface area (Å²) in [6, 6.07) is 4.42. The number of phenols is 1. The molecule has 2 aromatic rings. The number of nitrogens with one attached hydrogen (secondary N) is 1. The van der Waals surface area contributed by atoms with E-state index in [1.54, 1.807) is 0 Å². The monoisotopic (exact) mass is 348 g/mol. The number of carbonyl (C=O) groups excluding carboxylic acids is 1. The van der Waals surface area contributed by atoms with E-state index in [0.717, 1.165) is 17.8 Å². The lowest BCUT2D eigenvalue weighted by molar-refractivity contribution is -0.125. The number of aryl methyl sites for hydroxylation is 2. The van der Waals surface area contributed by atoms with Crippen LogP contribution in [-0.4, -0.2) is 32.6 Å². The molecule has 2 heterocycles. The first-order chi connectivity index (χ1) is 11.5. The maximum atomic E-state index is 12.3. The zero-order valence-corrected chi connectivity index (χ0v) is 14.0. The number of benzene rings is 1. The first kappa shape index (κ1) is 16.3. The molecule has 0 fully saturated rings. The molecule has 1 aromatic heterocycles. The number of aromatic nitrogens is 2. The lowest BCUT2D eigenvalue weighted by atomic mass is 10.1. The van der Waals surface area contributed by atoms with Crippen molar-refractivity contribution in [1.82, 2.24) is 9.78 Å². The fourth-order valence-corrected chi connectivity index (χ4v) is 2.63. The van der Waals surface area contributed by atoms with Crippen LogP contribution in [-0.2, 0) is 16.2 Å². The van der Waals surface area contributed by atoms with E-state index in [1.165, 1.54) is 18.2 Å². The molecule has 8 heteroatoms. The highest BCUT2D eigenvalue weighted by Crippen LogP contribution is 2.27. The van der Waals surface area contributed by atoms with Crippen LogP contribution in [0.1, 0.15) is 24.6 Å². The van der Waals surface area contributed by atoms with Gasteiger partial charge < -0.3 is 15.3 Å². The third-order valence-electron chi connectivity index (χ3n) is 3.76. The first-order valence-corrected chi connectivity index (χ1v) is 7.92. The van der Waals surface area contributed by atoms with E-state index < -0.39 is 12.0 Å². The van der Waals surface area contributed by atoms with Crippen LogP contribution in [0.5, 0.6) is 5.75 Å². The summed E-state index contributed by atoms with van der Waals surface area (Å²) in [5.74, 6) is -0.459. The molecule has 1 atom stereocenters. The fourth-order valence-electron chi connectivity index (χ4n) is 2.46. The summed E-state index contributed by atoms with van der Waals surface area (Å²) < 4.78 is 1.81. The molecular weight excluding hydrogens is 332 g/mol. The predicted octanol–water partition coefficient (Wildman–Crippen LogP) is 2.70. The summed E-state index contributed by atoms with van der Waals surface area (Å²) in [7, 11) is 0. The largest absolute Gasteiger partial charge is 0.506 e. The molecule has 0 saturated carbocycles. The van der Waals surface area contributed by atoms with Gasteiger partial charge >= 0.3 is 0 Å². The van der Waals surface area contributed by atoms with Gasteiger partial charge in [0.2, 0.25) is 6.10 Å². The van der Waals surface area contributed by atoms with Crippen LogP contribution < -0.4 is 5.32 Å². The van der Waals surface area contributed by atoms with Gasteiger partial charge in [0.05, 0.1) is 17.1 Å². The van der Waals surface area contributed by atoms with E-state index >= 15 is 0 Å². The summed E-state index contributed by atoms with van der Waals surface area (Å²) in [4.78, 5) is 17.6. The number of oxime groups is 1. The Labute approximate surface area is 143 Å². The van der Waals surface area contributed by atoms with Crippen molar-refractivity contribution in [2.45, 2.75) is 32.9 Å². The predicted molar refractivity (Wildman–Crippen MR) is 90.4 cm³/mol. The lowest BCUT2D eigenvalue weighted by Gasteiger charge is -2.11. The van der Waals surface area contributed by atoms with Crippen molar-refractivity contribution in [2.24, 2.45) is 5.16 Å².